The summed E-state index contributed by atoms with van der Waals surface area (Å²) >= 11 is 0. The molecule has 0 saturated carbocycles. The van der Waals surface area contributed by atoms with Crippen LogP contribution in [0, 0.1) is 0 Å². The lowest BCUT2D eigenvalue weighted by Crippen LogP contribution is -2.13. The van der Waals surface area contributed by atoms with Gasteiger partial charge in [-0.2, -0.15) is 13.2 Å². The smallest absolute Gasteiger partial charge is 0.416 e. The summed E-state index contributed by atoms with van der Waals surface area (Å²) in [6, 6.07) is 8.61. The van der Waals surface area contributed by atoms with Crippen LogP contribution >= 0.6 is 0 Å². The van der Waals surface area contributed by atoms with Gasteiger partial charge in [-0.15, -0.1) is 0 Å². The molecular weight excluding hydrogens is 395 g/mol. The molecule has 0 radical (unpaired) electrons. The van der Waals surface area contributed by atoms with Crippen molar-refractivity contribution in [1.29, 1.82) is 0 Å². The minimum Gasteiger partial charge on any atom is -0.493 e. The molecule has 1 amide bonds. The first-order valence-corrected chi connectivity index (χ1v) is 9.83. The number of halogens is 3. The third kappa shape index (κ3) is 4.25. The highest BCUT2D eigenvalue weighted by molar-refractivity contribution is 6.05. The Morgan fingerprint density at radius 3 is 2.63 bits per heavy atom. The number of benzene rings is 2. The van der Waals surface area contributed by atoms with Crippen LogP contribution in [0.15, 0.2) is 42.5 Å². The van der Waals surface area contributed by atoms with Crippen molar-refractivity contribution in [2.24, 2.45) is 0 Å². The standard InChI is InChI=1S/C23H20F3NO3/c24-23(25,26)16-7-9-18-15(4-2-10-30-21(18)12-16)11-22(29)27-17-8-6-14-3-1-5-20(28)19(14)13-17/h6-9,11-13H,1-5,10H2,(H,27,29). The zero-order chi connectivity index (χ0) is 21.3. The van der Waals surface area contributed by atoms with Crippen molar-refractivity contribution in [3.63, 3.8) is 0 Å². The third-order valence-corrected chi connectivity index (χ3v) is 5.34. The molecule has 156 valence electrons. The molecule has 2 aliphatic rings. The SMILES string of the molecule is O=C(C=C1CCCOc2cc(C(F)(F)F)ccc21)Nc1ccc2c(c1)C(=O)CCC2. The number of alkyl halides is 3. The van der Waals surface area contributed by atoms with E-state index in [2.05, 4.69) is 5.32 Å². The van der Waals surface area contributed by atoms with E-state index in [0.717, 1.165) is 30.5 Å². The van der Waals surface area contributed by atoms with Crippen LogP contribution in [0.4, 0.5) is 18.9 Å². The Bertz CT molecular complexity index is 1040. The van der Waals surface area contributed by atoms with Gasteiger partial charge in [0.15, 0.2) is 5.78 Å². The maximum atomic E-state index is 13.0. The van der Waals surface area contributed by atoms with E-state index in [1.807, 2.05) is 6.07 Å². The number of ketones is 1. The first-order chi connectivity index (χ1) is 14.3. The quantitative estimate of drug-likeness (QED) is 0.667. The second-order valence-corrected chi connectivity index (χ2v) is 7.47. The minimum atomic E-state index is -4.46. The Balaban J connectivity index is 1.58. The van der Waals surface area contributed by atoms with Crippen molar-refractivity contribution in [1.82, 2.24) is 0 Å². The molecule has 7 heteroatoms. The Morgan fingerprint density at radius 2 is 1.83 bits per heavy atom. The molecule has 0 bridgehead atoms. The van der Waals surface area contributed by atoms with E-state index in [0.29, 0.717) is 41.6 Å². The number of amides is 1. The van der Waals surface area contributed by atoms with Gasteiger partial charge >= 0.3 is 6.18 Å². The summed E-state index contributed by atoms with van der Waals surface area (Å²) in [5.74, 6) is -0.206. The van der Waals surface area contributed by atoms with Crippen LogP contribution in [0.1, 0.15) is 52.7 Å². The highest BCUT2D eigenvalue weighted by Gasteiger charge is 2.32. The Hall–Kier alpha value is -3.09. The number of allylic oxidation sites excluding steroid dienone is 1. The zero-order valence-corrected chi connectivity index (χ0v) is 16.1. The molecule has 4 rings (SSSR count). The van der Waals surface area contributed by atoms with Gasteiger partial charge in [-0.05, 0) is 61.1 Å². The van der Waals surface area contributed by atoms with E-state index in [-0.39, 0.29) is 18.1 Å². The maximum Gasteiger partial charge on any atom is 0.416 e. The van der Waals surface area contributed by atoms with Crippen LogP contribution < -0.4 is 10.1 Å². The molecule has 30 heavy (non-hydrogen) atoms. The number of carbonyl (C=O) groups excluding carboxylic acids is 2. The van der Waals surface area contributed by atoms with Crippen LogP contribution in [0.3, 0.4) is 0 Å². The second-order valence-electron chi connectivity index (χ2n) is 7.47. The number of aryl methyl sites for hydroxylation is 1. The third-order valence-electron chi connectivity index (χ3n) is 5.34. The van der Waals surface area contributed by atoms with E-state index >= 15 is 0 Å². The summed E-state index contributed by atoms with van der Waals surface area (Å²) in [5.41, 5.74) is 2.45. The number of anilines is 1. The largest absolute Gasteiger partial charge is 0.493 e. The number of hydrogen-bond donors (Lipinski definition) is 1. The van der Waals surface area contributed by atoms with E-state index in [9.17, 15) is 22.8 Å². The van der Waals surface area contributed by atoms with Crippen molar-refractivity contribution < 1.29 is 27.5 Å². The van der Waals surface area contributed by atoms with E-state index in [4.69, 9.17) is 4.74 Å². The number of ether oxygens (including phenoxy) is 1. The molecule has 1 N–H and O–H groups in total. The van der Waals surface area contributed by atoms with Crippen molar-refractivity contribution in [3.8, 4) is 5.75 Å². The molecular formula is C23H20F3NO3. The van der Waals surface area contributed by atoms with Crippen LogP contribution in [0.5, 0.6) is 5.75 Å². The normalized spacial score (nSPS) is 17.6. The first kappa shape index (κ1) is 20.2. The van der Waals surface area contributed by atoms with Gasteiger partial charge in [-0.25, -0.2) is 0 Å². The fourth-order valence-electron chi connectivity index (χ4n) is 3.86. The molecule has 4 nitrogen and oxygen atoms in total. The molecule has 0 unspecified atom stereocenters. The summed E-state index contributed by atoms with van der Waals surface area (Å²) in [4.78, 5) is 24.7. The predicted octanol–water partition coefficient (Wildman–Crippen LogP) is 5.42. The first-order valence-electron chi connectivity index (χ1n) is 9.83. The van der Waals surface area contributed by atoms with Gasteiger partial charge in [0.2, 0.25) is 5.91 Å². The molecule has 1 aliphatic heterocycles. The summed E-state index contributed by atoms with van der Waals surface area (Å²) in [5, 5.41) is 2.76. The minimum absolute atomic E-state index is 0.0704. The highest BCUT2D eigenvalue weighted by atomic mass is 19.4. The van der Waals surface area contributed by atoms with E-state index < -0.39 is 17.6 Å². The number of hydrogen-bond acceptors (Lipinski definition) is 3. The van der Waals surface area contributed by atoms with Crippen LogP contribution in [0.25, 0.3) is 5.57 Å². The molecule has 0 saturated heterocycles. The Labute approximate surface area is 171 Å². The van der Waals surface area contributed by atoms with Gasteiger partial charge in [-0.3, -0.25) is 9.59 Å². The topological polar surface area (TPSA) is 55.4 Å². The molecule has 0 aromatic heterocycles. The summed E-state index contributed by atoms with van der Waals surface area (Å²) in [6.45, 7) is 0.278. The van der Waals surface area contributed by atoms with Crippen molar-refractivity contribution in [3.05, 3.63) is 64.7 Å². The summed E-state index contributed by atoms with van der Waals surface area (Å²) < 4.78 is 44.5. The van der Waals surface area contributed by atoms with E-state index in [1.54, 1.807) is 12.1 Å². The Kier molecular flexibility index (Phi) is 5.37. The number of nitrogens with one attached hydrogen (secondary N) is 1. The number of rotatable bonds is 2. The van der Waals surface area contributed by atoms with Gasteiger partial charge in [0.25, 0.3) is 0 Å². The lowest BCUT2D eigenvalue weighted by molar-refractivity contribution is -0.137. The number of carbonyl (C=O) groups is 2. The monoisotopic (exact) mass is 415 g/mol. The van der Waals surface area contributed by atoms with Crippen molar-refractivity contribution in [2.75, 3.05) is 11.9 Å². The maximum absolute atomic E-state index is 13.0. The fraction of sp³-hybridized carbons (Fsp3) is 0.304. The zero-order valence-electron chi connectivity index (χ0n) is 16.1. The summed E-state index contributed by atoms with van der Waals surface area (Å²) in [7, 11) is 0. The summed E-state index contributed by atoms with van der Waals surface area (Å²) in [6.07, 6.45) is 0.206. The van der Waals surface area contributed by atoms with Crippen molar-refractivity contribution >= 4 is 23.0 Å². The molecule has 1 aliphatic carbocycles. The van der Waals surface area contributed by atoms with Crippen LogP contribution in [-0.4, -0.2) is 18.3 Å². The van der Waals surface area contributed by atoms with Crippen LogP contribution in [0.2, 0.25) is 0 Å². The second kappa shape index (κ2) is 7.97. The van der Waals surface area contributed by atoms with Crippen molar-refractivity contribution in [2.45, 2.75) is 38.3 Å². The molecule has 2 aromatic carbocycles. The average Bonchev–Trinajstić information content (AvgIpc) is 2.90. The van der Waals surface area contributed by atoms with E-state index in [1.165, 1.54) is 12.1 Å². The lowest BCUT2D eigenvalue weighted by Gasteiger charge is -2.16. The molecule has 0 atom stereocenters. The van der Waals surface area contributed by atoms with Crippen LogP contribution in [-0.2, 0) is 17.4 Å². The van der Waals surface area contributed by atoms with Gasteiger partial charge in [0.1, 0.15) is 5.75 Å². The lowest BCUT2D eigenvalue weighted by atomic mass is 9.90. The van der Waals surface area contributed by atoms with Gasteiger partial charge in [0, 0.05) is 29.3 Å². The molecule has 0 spiro atoms. The Morgan fingerprint density at radius 1 is 1.00 bits per heavy atom. The fourth-order valence-corrected chi connectivity index (χ4v) is 3.86. The molecule has 1 heterocycles. The van der Waals surface area contributed by atoms with Gasteiger partial charge < -0.3 is 10.1 Å². The van der Waals surface area contributed by atoms with Gasteiger partial charge in [-0.1, -0.05) is 12.1 Å². The molecule has 0 fully saturated rings. The number of fused-ring (bicyclic) bond motifs is 2. The number of Topliss-reactive ketones (excluding diaryl/α,β-unsaturated/α-hetero) is 1. The predicted molar refractivity (Wildman–Crippen MR) is 106 cm³/mol. The average molecular weight is 415 g/mol. The van der Waals surface area contributed by atoms with Gasteiger partial charge in [0.05, 0.1) is 12.2 Å². The molecule has 2 aromatic rings. The highest BCUT2D eigenvalue weighted by Crippen LogP contribution is 2.38.